The average Bonchev–Trinajstić information content (AvgIpc) is 2.96. The number of carbonyl (C=O) groups excluding carboxylic acids is 1. The first kappa shape index (κ1) is 17.7. The minimum Gasteiger partial charge on any atom is -0.381 e. The van der Waals surface area contributed by atoms with Gasteiger partial charge in [0.1, 0.15) is 0 Å². The molecule has 5 heteroatoms. The number of likely N-dealkylation sites (tertiary alicyclic amines) is 1. The molecule has 20 heavy (non-hydrogen) atoms. The van der Waals surface area contributed by atoms with Crippen molar-refractivity contribution in [3.63, 3.8) is 0 Å². The van der Waals surface area contributed by atoms with Gasteiger partial charge in [-0.1, -0.05) is 0 Å². The quantitative estimate of drug-likeness (QED) is 0.817. The molecule has 2 heterocycles. The maximum Gasteiger partial charge on any atom is 0.222 e. The number of hydrogen-bond acceptors (Lipinski definition) is 3. The number of nitrogens with one attached hydrogen (secondary N) is 1. The number of halogens is 1. The molecule has 0 spiro atoms. The Morgan fingerprint density at radius 1 is 1.20 bits per heavy atom. The van der Waals surface area contributed by atoms with E-state index in [1.165, 1.54) is 19.3 Å². The number of hydrogen-bond donors (Lipinski definition) is 1. The van der Waals surface area contributed by atoms with Crippen LogP contribution in [0.1, 0.15) is 38.5 Å². The van der Waals surface area contributed by atoms with Crippen molar-refractivity contribution in [2.24, 2.45) is 11.8 Å². The van der Waals surface area contributed by atoms with E-state index in [-0.39, 0.29) is 12.4 Å². The van der Waals surface area contributed by atoms with Crippen LogP contribution in [-0.2, 0) is 9.53 Å². The van der Waals surface area contributed by atoms with Crippen LogP contribution in [0.2, 0.25) is 0 Å². The first-order valence-electron chi connectivity index (χ1n) is 7.79. The summed E-state index contributed by atoms with van der Waals surface area (Å²) in [6.07, 6.45) is 6.48. The van der Waals surface area contributed by atoms with Gasteiger partial charge in [0, 0.05) is 32.7 Å². The smallest absolute Gasteiger partial charge is 0.222 e. The van der Waals surface area contributed by atoms with Crippen LogP contribution in [0, 0.1) is 11.8 Å². The van der Waals surface area contributed by atoms with Crippen molar-refractivity contribution in [3.05, 3.63) is 0 Å². The standard InChI is InChI=1S/C15H28N2O2.ClH/c1-16-8-4-13-5-9-17(10-6-13)15(18)3-2-14-7-11-19-12-14;/h13-14,16H,2-12H2,1H3;1H. The fourth-order valence-electron chi connectivity index (χ4n) is 3.12. The Kier molecular flexibility index (Phi) is 8.50. The molecule has 0 aliphatic carbocycles. The van der Waals surface area contributed by atoms with Gasteiger partial charge in [-0.05, 0) is 57.5 Å². The first-order chi connectivity index (χ1) is 9.29. The molecule has 118 valence electrons. The summed E-state index contributed by atoms with van der Waals surface area (Å²) in [7, 11) is 2.01. The molecular formula is C15H29ClN2O2. The molecular weight excluding hydrogens is 276 g/mol. The fourth-order valence-corrected chi connectivity index (χ4v) is 3.12. The zero-order valence-electron chi connectivity index (χ0n) is 12.6. The fraction of sp³-hybridized carbons (Fsp3) is 0.933. The number of nitrogens with zero attached hydrogens (tertiary/aromatic N) is 1. The highest BCUT2D eigenvalue weighted by Gasteiger charge is 2.23. The Hall–Kier alpha value is -0.320. The summed E-state index contributed by atoms with van der Waals surface area (Å²) < 4.78 is 5.36. The Bertz CT molecular complexity index is 275. The van der Waals surface area contributed by atoms with E-state index in [1.54, 1.807) is 0 Å². The maximum absolute atomic E-state index is 12.1. The van der Waals surface area contributed by atoms with Crippen LogP contribution in [0.3, 0.4) is 0 Å². The van der Waals surface area contributed by atoms with Gasteiger partial charge < -0.3 is 15.0 Å². The average molecular weight is 305 g/mol. The largest absolute Gasteiger partial charge is 0.381 e. The summed E-state index contributed by atoms with van der Waals surface area (Å²) in [6.45, 7) is 4.78. The molecule has 0 radical (unpaired) electrons. The molecule has 1 atom stereocenters. The first-order valence-corrected chi connectivity index (χ1v) is 7.79. The predicted octanol–water partition coefficient (Wildman–Crippen LogP) is 2.07. The van der Waals surface area contributed by atoms with E-state index in [0.29, 0.717) is 11.8 Å². The Morgan fingerprint density at radius 3 is 2.55 bits per heavy atom. The molecule has 2 saturated heterocycles. The lowest BCUT2D eigenvalue weighted by molar-refractivity contribution is -0.132. The minimum atomic E-state index is 0. The second-order valence-electron chi connectivity index (χ2n) is 5.98. The third-order valence-electron chi connectivity index (χ3n) is 4.56. The molecule has 1 amide bonds. The van der Waals surface area contributed by atoms with E-state index < -0.39 is 0 Å². The highest BCUT2D eigenvalue weighted by Crippen LogP contribution is 2.22. The molecule has 4 nitrogen and oxygen atoms in total. The minimum absolute atomic E-state index is 0. The van der Waals surface area contributed by atoms with Crippen LogP contribution in [0.4, 0.5) is 0 Å². The summed E-state index contributed by atoms with van der Waals surface area (Å²) in [5.74, 6) is 1.79. The maximum atomic E-state index is 12.1. The number of amides is 1. The van der Waals surface area contributed by atoms with Crippen LogP contribution in [-0.4, -0.2) is 50.7 Å². The predicted molar refractivity (Wildman–Crippen MR) is 83.3 cm³/mol. The normalized spacial score (nSPS) is 23.6. The molecule has 0 aromatic rings. The molecule has 2 aliphatic heterocycles. The van der Waals surface area contributed by atoms with Gasteiger partial charge in [0.15, 0.2) is 0 Å². The van der Waals surface area contributed by atoms with E-state index in [0.717, 1.165) is 58.0 Å². The topological polar surface area (TPSA) is 41.6 Å². The number of carbonyl (C=O) groups is 1. The number of piperidine rings is 1. The van der Waals surface area contributed by atoms with Crippen molar-refractivity contribution < 1.29 is 9.53 Å². The van der Waals surface area contributed by atoms with Crippen molar-refractivity contribution in [1.82, 2.24) is 10.2 Å². The lowest BCUT2D eigenvalue weighted by Gasteiger charge is -2.32. The number of ether oxygens (including phenoxy) is 1. The molecule has 1 N–H and O–H groups in total. The van der Waals surface area contributed by atoms with Crippen molar-refractivity contribution in [1.29, 1.82) is 0 Å². The van der Waals surface area contributed by atoms with Crippen molar-refractivity contribution in [3.8, 4) is 0 Å². The molecule has 2 fully saturated rings. The molecule has 1 unspecified atom stereocenters. The molecule has 2 rings (SSSR count). The van der Waals surface area contributed by atoms with Crippen molar-refractivity contribution >= 4 is 18.3 Å². The van der Waals surface area contributed by atoms with Gasteiger partial charge in [-0.15, -0.1) is 12.4 Å². The summed E-state index contributed by atoms with van der Waals surface area (Å²) >= 11 is 0. The lowest BCUT2D eigenvalue weighted by atomic mass is 9.93. The van der Waals surface area contributed by atoms with Gasteiger partial charge in [0.05, 0.1) is 0 Å². The van der Waals surface area contributed by atoms with Crippen LogP contribution < -0.4 is 5.32 Å². The van der Waals surface area contributed by atoms with Gasteiger partial charge in [0.25, 0.3) is 0 Å². The van der Waals surface area contributed by atoms with Gasteiger partial charge >= 0.3 is 0 Å². The van der Waals surface area contributed by atoms with E-state index in [9.17, 15) is 4.79 Å². The Morgan fingerprint density at radius 2 is 1.95 bits per heavy atom. The SMILES string of the molecule is CNCCC1CCN(C(=O)CCC2CCOC2)CC1.Cl. The Labute approximate surface area is 129 Å². The van der Waals surface area contributed by atoms with Gasteiger partial charge in [-0.3, -0.25) is 4.79 Å². The lowest BCUT2D eigenvalue weighted by Crippen LogP contribution is -2.39. The van der Waals surface area contributed by atoms with Crippen LogP contribution in [0.5, 0.6) is 0 Å². The highest BCUT2D eigenvalue weighted by molar-refractivity contribution is 5.85. The molecule has 0 aromatic carbocycles. The zero-order chi connectivity index (χ0) is 13.5. The highest BCUT2D eigenvalue weighted by atomic mass is 35.5. The van der Waals surface area contributed by atoms with Crippen LogP contribution in [0.25, 0.3) is 0 Å². The third kappa shape index (κ3) is 5.58. The second kappa shape index (κ2) is 9.59. The molecule has 0 bridgehead atoms. The van der Waals surface area contributed by atoms with E-state index >= 15 is 0 Å². The molecule has 2 aliphatic rings. The Balaban J connectivity index is 0.00000200. The van der Waals surface area contributed by atoms with Gasteiger partial charge in [-0.25, -0.2) is 0 Å². The monoisotopic (exact) mass is 304 g/mol. The summed E-state index contributed by atoms with van der Waals surface area (Å²) in [4.78, 5) is 14.2. The molecule has 0 saturated carbocycles. The summed E-state index contributed by atoms with van der Waals surface area (Å²) in [5, 5.41) is 3.21. The molecule has 0 aromatic heterocycles. The third-order valence-corrected chi connectivity index (χ3v) is 4.56. The van der Waals surface area contributed by atoms with E-state index in [4.69, 9.17) is 4.74 Å². The summed E-state index contributed by atoms with van der Waals surface area (Å²) in [5.41, 5.74) is 0. The second-order valence-corrected chi connectivity index (χ2v) is 5.98. The van der Waals surface area contributed by atoms with E-state index in [1.807, 2.05) is 7.05 Å². The summed E-state index contributed by atoms with van der Waals surface area (Å²) in [6, 6.07) is 0. The van der Waals surface area contributed by atoms with Crippen molar-refractivity contribution in [2.75, 3.05) is 39.9 Å². The van der Waals surface area contributed by atoms with E-state index in [2.05, 4.69) is 10.2 Å². The number of rotatable bonds is 6. The van der Waals surface area contributed by atoms with Crippen molar-refractivity contribution in [2.45, 2.75) is 38.5 Å². The zero-order valence-corrected chi connectivity index (χ0v) is 13.4. The van der Waals surface area contributed by atoms with Gasteiger partial charge in [-0.2, -0.15) is 0 Å². The van der Waals surface area contributed by atoms with Crippen LogP contribution in [0.15, 0.2) is 0 Å². The van der Waals surface area contributed by atoms with Gasteiger partial charge in [0.2, 0.25) is 5.91 Å². The van der Waals surface area contributed by atoms with Crippen LogP contribution >= 0.6 is 12.4 Å².